The van der Waals surface area contributed by atoms with Crippen LogP contribution < -0.4 is 5.32 Å². The number of hydrogen-bond acceptors (Lipinski definition) is 4. The minimum Gasteiger partial charge on any atom is -0.480 e. The Bertz CT molecular complexity index is 350. The first-order valence-electron chi connectivity index (χ1n) is 6.27. The molecule has 0 aromatic heterocycles. The van der Waals surface area contributed by atoms with Crippen LogP contribution in [0.5, 0.6) is 0 Å². The molecule has 0 aliphatic rings. The van der Waals surface area contributed by atoms with Gasteiger partial charge in [-0.1, -0.05) is 0 Å². The highest BCUT2D eigenvalue weighted by molar-refractivity contribution is 7.99. The number of nitriles is 1. The van der Waals surface area contributed by atoms with Gasteiger partial charge >= 0.3 is 5.97 Å². The van der Waals surface area contributed by atoms with E-state index < -0.39 is 12.0 Å². The van der Waals surface area contributed by atoms with E-state index in [-0.39, 0.29) is 11.3 Å². The number of rotatable bonds is 9. The molecular weight excluding hydrogens is 264 g/mol. The van der Waals surface area contributed by atoms with Gasteiger partial charge in [-0.15, -0.1) is 0 Å². The summed E-state index contributed by atoms with van der Waals surface area (Å²) in [6, 6.07) is 1.45. The molecule has 1 atom stereocenters. The molecule has 108 valence electrons. The first kappa shape index (κ1) is 17.8. The Hall–Kier alpha value is -1.22. The molecule has 0 saturated heterocycles. The van der Waals surface area contributed by atoms with Gasteiger partial charge in [0.1, 0.15) is 6.04 Å². The fourth-order valence-corrected chi connectivity index (χ4v) is 2.43. The van der Waals surface area contributed by atoms with Crippen molar-refractivity contribution in [1.82, 2.24) is 5.32 Å². The van der Waals surface area contributed by atoms with Crippen LogP contribution in [0.1, 0.15) is 40.0 Å². The molecule has 5 nitrogen and oxygen atoms in total. The van der Waals surface area contributed by atoms with Crippen LogP contribution in [0.2, 0.25) is 0 Å². The monoisotopic (exact) mass is 286 g/mol. The van der Waals surface area contributed by atoms with Crippen molar-refractivity contribution in [3.8, 4) is 6.07 Å². The minimum absolute atomic E-state index is 0.291. The number of carbonyl (C=O) groups is 2. The number of nitrogens with zero attached hydrogens (tertiary/aromatic N) is 1. The third-order valence-electron chi connectivity index (χ3n) is 2.62. The number of carboxylic acids is 1. The van der Waals surface area contributed by atoms with Crippen molar-refractivity contribution in [2.45, 2.75) is 46.1 Å². The molecule has 2 N–H and O–H groups in total. The number of carboxylic acid groups (broad SMARTS) is 1. The van der Waals surface area contributed by atoms with E-state index in [4.69, 9.17) is 10.4 Å². The molecule has 0 rings (SSSR count). The Morgan fingerprint density at radius 2 is 2.05 bits per heavy atom. The third-order valence-corrected chi connectivity index (χ3v) is 3.72. The zero-order chi connectivity index (χ0) is 14.9. The van der Waals surface area contributed by atoms with Crippen molar-refractivity contribution in [3.63, 3.8) is 0 Å². The van der Waals surface area contributed by atoms with Crippen molar-refractivity contribution < 1.29 is 14.7 Å². The van der Waals surface area contributed by atoms with Gasteiger partial charge in [0.2, 0.25) is 5.91 Å². The topological polar surface area (TPSA) is 90.2 Å². The van der Waals surface area contributed by atoms with Crippen LogP contribution in [0.4, 0.5) is 0 Å². The quantitative estimate of drug-likeness (QED) is 0.633. The first-order chi connectivity index (χ1) is 8.78. The molecule has 6 heteroatoms. The van der Waals surface area contributed by atoms with Crippen LogP contribution in [-0.2, 0) is 9.59 Å². The lowest BCUT2D eigenvalue weighted by molar-refractivity contribution is -0.141. The van der Waals surface area contributed by atoms with Crippen molar-refractivity contribution in [3.05, 3.63) is 0 Å². The zero-order valence-electron chi connectivity index (χ0n) is 11.7. The summed E-state index contributed by atoms with van der Waals surface area (Å²) in [4.78, 5) is 21.7. The van der Waals surface area contributed by atoms with Crippen LogP contribution in [0, 0.1) is 16.7 Å². The highest BCUT2D eigenvalue weighted by Gasteiger charge is 2.18. The van der Waals surface area contributed by atoms with E-state index in [1.54, 1.807) is 11.8 Å². The fourth-order valence-electron chi connectivity index (χ4n) is 1.48. The first-order valence-corrected chi connectivity index (χ1v) is 7.43. The summed E-state index contributed by atoms with van der Waals surface area (Å²) in [7, 11) is 0. The van der Waals surface area contributed by atoms with Crippen molar-refractivity contribution >= 4 is 23.6 Å². The highest BCUT2D eigenvalue weighted by Crippen LogP contribution is 2.22. The molecule has 0 fully saturated rings. The second-order valence-electron chi connectivity index (χ2n) is 5.09. The van der Waals surface area contributed by atoms with Gasteiger partial charge in [-0.2, -0.15) is 17.0 Å². The van der Waals surface area contributed by atoms with Gasteiger partial charge in [-0.05, 0) is 44.6 Å². The predicted molar refractivity (Wildman–Crippen MR) is 75.8 cm³/mol. The molecule has 0 heterocycles. The normalized spacial score (nSPS) is 12.5. The maximum Gasteiger partial charge on any atom is 0.326 e. The number of nitrogens with one attached hydrogen (secondary N) is 1. The lowest BCUT2D eigenvalue weighted by atomic mass is 9.90. The van der Waals surface area contributed by atoms with Gasteiger partial charge in [-0.25, -0.2) is 4.79 Å². The van der Waals surface area contributed by atoms with Crippen molar-refractivity contribution in [2.24, 2.45) is 5.41 Å². The van der Waals surface area contributed by atoms with Gasteiger partial charge in [-0.3, -0.25) is 4.79 Å². The number of aliphatic carboxylic acids is 1. The van der Waals surface area contributed by atoms with Crippen LogP contribution in [0.3, 0.4) is 0 Å². The Labute approximate surface area is 118 Å². The van der Waals surface area contributed by atoms with Gasteiger partial charge in [0.15, 0.2) is 0 Å². The number of amides is 1. The Kier molecular flexibility index (Phi) is 8.24. The average molecular weight is 286 g/mol. The molecule has 1 amide bonds. The number of hydrogen-bond donors (Lipinski definition) is 2. The molecule has 0 spiro atoms. The maximum absolute atomic E-state index is 10.9. The Morgan fingerprint density at radius 3 is 2.53 bits per heavy atom. The molecule has 19 heavy (non-hydrogen) atoms. The van der Waals surface area contributed by atoms with Crippen LogP contribution in [-0.4, -0.2) is 34.5 Å². The van der Waals surface area contributed by atoms with E-state index in [1.807, 2.05) is 13.8 Å². The van der Waals surface area contributed by atoms with E-state index in [1.165, 1.54) is 6.92 Å². The average Bonchev–Trinajstić information content (AvgIpc) is 2.31. The summed E-state index contributed by atoms with van der Waals surface area (Å²) >= 11 is 1.65. The maximum atomic E-state index is 10.9. The molecule has 1 unspecified atom stereocenters. The van der Waals surface area contributed by atoms with Crippen molar-refractivity contribution in [2.75, 3.05) is 11.5 Å². The largest absolute Gasteiger partial charge is 0.480 e. The molecule has 0 aromatic carbocycles. The lowest BCUT2D eigenvalue weighted by Gasteiger charge is -2.15. The Morgan fingerprint density at radius 1 is 1.42 bits per heavy atom. The second-order valence-corrected chi connectivity index (χ2v) is 6.32. The van der Waals surface area contributed by atoms with Gasteiger partial charge in [0.05, 0.1) is 11.5 Å². The predicted octanol–water partition coefficient (Wildman–Crippen LogP) is 2.03. The fraction of sp³-hybridized carbons (Fsp3) is 0.769. The van der Waals surface area contributed by atoms with Gasteiger partial charge < -0.3 is 10.4 Å². The third kappa shape index (κ3) is 9.37. The highest BCUT2D eigenvalue weighted by atomic mass is 32.2. The second kappa shape index (κ2) is 8.81. The Balaban J connectivity index is 3.76. The molecule has 0 radical (unpaired) electrons. The summed E-state index contributed by atoms with van der Waals surface area (Å²) in [5.74, 6) is 0.261. The van der Waals surface area contributed by atoms with E-state index in [0.29, 0.717) is 12.2 Å². The molecule has 0 bridgehead atoms. The van der Waals surface area contributed by atoms with Crippen LogP contribution >= 0.6 is 11.8 Å². The summed E-state index contributed by atoms with van der Waals surface area (Å²) < 4.78 is 0. The summed E-state index contributed by atoms with van der Waals surface area (Å²) in [5, 5.41) is 20.2. The van der Waals surface area contributed by atoms with E-state index >= 15 is 0 Å². The van der Waals surface area contributed by atoms with E-state index in [0.717, 1.165) is 18.6 Å². The zero-order valence-corrected chi connectivity index (χ0v) is 12.5. The molecular formula is C13H22N2O3S. The molecule has 0 aliphatic carbocycles. The van der Waals surface area contributed by atoms with E-state index in [2.05, 4.69) is 11.4 Å². The number of thioether (sulfide) groups is 1. The minimum atomic E-state index is -0.999. The van der Waals surface area contributed by atoms with Crippen LogP contribution in [0.15, 0.2) is 0 Å². The summed E-state index contributed by atoms with van der Waals surface area (Å²) in [6.45, 7) is 5.14. The SMILES string of the molecule is CC(=O)NC(CCSCCCC(C)(C)C#N)C(=O)O. The molecule has 0 saturated carbocycles. The summed E-state index contributed by atoms with van der Waals surface area (Å²) in [6.07, 6.45) is 2.19. The molecule has 0 aliphatic heterocycles. The number of carbonyl (C=O) groups excluding carboxylic acids is 1. The smallest absolute Gasteiger partial charge is 0.326 e. The standard InChI is InChI=1S/C13H22N2O3S/c1-10(16)15-11(12(17)18)5-8-19-7-4-6-13(2,3)9-14/h11H,4-8H2,1-3H3,(H,15,16)(H,17,18). The van der Waals surface area contributed by atoms with Gasteiger partial charge in [0.25, 0.3) is 0 Å². The van der Waals surface area contributed by atoms with E-state index in [9.17, 15) is 9.59 Å². The molecule has 0 aromatic rings. The lowest BCUT2D eigenvalue weighted by Crippen LogP contribution is -2.39. The van der Waals surface area contributed by atoms with Crippen molar-refractivity contribution in [1.29, 1.82) is 5.26 Å². The van der Waals surface area contributed by atoms with Crippen LogP contribution in [0.25, 0.3) is 0 Å². The van der Waals surface area contributed by atoms with Gasteiger partial charge in [0, 0.05) is 6.92 Å². The summed E-state index contributed by atoms with van der Waals surface area (Å²) in [5.41, 5.74) is -0.291.